The minimum Gasteiger partial charge on any atom is -0.385 e. The summed E-state index contributed by atoms with van der Waals surface area (Å²) in [5.41, 5.74) is 0. The number of aromatic amines is 1. The lowest BCUT2D eigenvalue weighted by atomic mass is 10.0. The van der Waals surface area contributed by atoms with Gasteiger partial charge in [-0.25, -0.2) is 4.98 Å². The summed E-state index contributed by atoms with van der Waals surface area (Å²) in [4.78, 5) is 3.90. The van der Waals surface area contributed by atoms with Crippen LogP contribution in [0.25, 0.3) is 0 Å². The van der Waals surface area contributed by atoms with Gasteiger partial charge in [-0.3, -0.25) is 5.10 Å². The van der Waals surface area contributed by atoms with E-state index in [4.69, 9.17) is 0 Å². The van der Waals surface area contributed by atoms with Crippen molar-refractivity contribution in [2.75, 3.05) is 0 Å². The summed E-state index contributed by atoms with van der Waals surface area (Å²) in [5, 5.41) is 15.9. The number of aliphatic hydroxyl groups is 1. The highest BCUT2D eigenvalue weighted by molar-refractivity contribution is 4.85. The second-order valence-corrected chi connectivity index (χ2v) is 3.71. The highest BCUT2D eigenvalue weighted by atomic mass is 16.3. The van der Waals surface area contributed by atoms with Gasteiger partial charge < -0.3 is 5.11 Å². The first-order valence-electron chi connectivity index (χ1n) is 4.73. The molecule has 0 radical (unpaired) electrons. The van der Waals surface area contributed by atoms with E-state index in [-0.39, 0.29) is 0 Å². The summed E-state index contributed by atoms with van der Waals surface area (Å²) in [6, 6.07) is 0. The molecule has 1 heterocycles. The largest absolute Gasteiger partial charge is 0.385 e. The maximum absolute atomic E-state index is 9.59. The molecule has 0 aliphatic heterocycles. The van der Waals surface area contributed by atoms with Crippen molar-refractivity contribution in [3.05, 3.63) is 12.2 Å². The van der Waals surface area contributed by atoms with E-state index in [1.807, 2.05) is 0 Å². The summed E-state index contributed by atoms with van der Waals surface area (Å²) >= 11 is 0. The Hall–Kier alpha value is -0.900. The standard InChI is InChI=1S/C9H17N3O/c1-7(2)4-3-5-8(13)9-10-6-11-12-9/h6-8,13H,3-5H2,1-2H3,(H,10,11,12). The van der Waals surface area contributed by atoms with Crippen molar-refractivity contribution in [1.29, 1.82) is 0 Å². The second kappa shape index (κ2) is 4.97. The van der Waals surface area contributed by atoms with Crippen LogP contribution in [-0.2, 0) is 0 Å². The molecule has 74 valence electrons. The monoisotopic (exact) mass is 183 g/mol. The normalized spacial score (nSPS) is 13.5. The van der Waals surface area contributed by atoms with E-state index >= 15 is 0 Å². The third-order valence-corrected chi connectivity index (χ3v) is 2.01. The lowest BCUT2D eigenvalue weighted by Gasteiger charge is -2.08. The highest BCUT2D eigenvalue weighted by Gasteiger charge is 2.09. The molecule has 0 bridgehead atoms. The van der Waals surface area contributed by atoms with Gasteiger partial charge in [0.1, 0.15) is 12.4 Å². The van der Waals surface area contributed by atoms with Crippen molar-refractivity contribution in [3.63, 3.8) is 0 Å². The van der Waals surface area contributed by atoms with Gasteiger partial charge in [-0.2, -0.15) is 5.10 Å². The van der Waals surface area contributed by atoms with Gasteiger partial charge in [-0.1, -0.05) is 26.7 Å². The summed E-state index contributed by atoms with van der Waals surface area (Å²) in [6.07, 6.45) is 3.86. The quantitative estimate of drug-likeness (QED) is 0.729. The van der Waals surface area contributed by atoms with Crippen LogP contribution >= 0.6 is 0 Å². The Kier molecular flexibility index (Phi) is 3.89. The first kappa shape index (κ1) is 10.2. The number of hydrogen-bond donors (Lipinski definition) is 2. The molecule has 1 aromatic heterocycles. The van der Waals surface area contributed by atoms with Crippen LogP contribution in [0.3, 0.4) is 0 Å². The average Bonchev–Trinajstić information content (AvgIpc) is 2.55. The van der Waals surface area contributed by atoms with Gasteiger partial charge in [0.15, 0.2) is 5.82 Å². The van der Waals surface area contributed by atoms with E-state index in [0.717, 1.165) is 19.3 Å². The zero-order valence-corrected chi connectivity index (χ0v) is 8.20. The molecule has 0 fully saturated rings. The molecule has 0 saturated heterocycles. The first-order valence-corrected chi connectivity index (χ1v) is 4.73. The van der Waals surface area contributed by atoms with Crippen molar-refractivity contribution >= 4 is 0 Å². The average molecular weight is 183 g/mol. The molecule has 0 spiro atoms. The van der Waals surface area contributed by atoms with Gasteiger partial charge in [-0.15, -0.1) is 0 Å². The number of H-pyrrole nitrogens is 1. The van der Waals surface area contributed by atoms with Gasteiger partial charge in [-0.05, 0) is 12.3 Å². The molecule has 1 atom stereocenters. The van der Waals surface area contributed by atoms with Gasteiger partial charge >= 0.3 is 0 Å². The van der Waals surface area contributed by atoms with E-state index < -0.39 is 6.10 Å². The third-order valence-electron chi connectivity index (χ3n) is 2.01. The van der Waals surface area contributed by atoms with Crippen LogP contribution in [0.5, 0.6) is 0 Å². The highest BCUT2D eigenvalue weighted by Crippen LogP contribution is 2.16. The maximum Gasteiger partial charge on any atom is 0.153 e. The topological polar surface area (TPSA) is 61.8 Å². The van der Waals surface area contributed by atoms with Crippen LogP contribution in [0.2, 0.25) is 0 Å². The van der Waals surface area contributed by atoms with Crippen molar-refractivity contribution in [1.82, 2.24) is 15.2 Å². The van der Waals surface area contributed by atoms with Crippen molar-refractivity contribution in [3.8, 4) is 0 Å². The molecular formula is C9H17N3O. The van der Waals surface area contributed by atoms with Gasteiger partial charge in [0.2, 0.25) is 0 Å². The fraction of sp³-hybridized carbons (Fsp3) is 0.778. The molecule has 0 aromatic carbocycles. The molecule has 0 amide bonds. The van der Waals surface area contributed by atoms with Gasteiger partial charge in [0.25, 0.3) is 0 Å². The minimum atomic E-state index is -0.485. The van der Waals surface area contributed by atoms with E-state index in [1.54, 1.807) is 0 Å². The van der Waals surface area contributed by atoms with Crippen molar-refractivity contribution < 1.29 is 5.11 Å². The number of nitrogens with one attached hydrogen (secondary N) is 1. The molecule has 4 nitrogen and oxygen atoms in total. The van der Waals surface area contributed by atoms with Crippen LogP contribution in [0.15, 0.2) is 6.33 Å². The van der Waals surface area contributed by atoms with E-state index in [9.17, 15) is 5.11 Å². The predicted molar refractivity (Wildman–Crippen MR) is 50.0 cm³/mol. The maximum atomic E-state index is 9.59. The Morgan fingerprint density at radius 1 is 1.46 bits per heavy atom. The molecule has 0 saturated carbocycles. The molecular weight excluding hydrogens is 166 g/mol. The summed E-state index contributed by atoms with van der Waals surface area (Å²) in [5.74, 6) is 1.27. The Labute approximate surface area is 78.4 Å². The summed E-state index contributed by atoms with van der Waals surface area (Å²) in [7, 11) is 0. The molecule has 4 heteroatoms. The van der Waals surface area contributed by atoms with Crippen molar-refractivity contribution in [2.45, 2.75) is 39.2 Å². The smallest absolute Gasteiger partial charge is 0.153 e. The SMILES string of the molecule is CC(C)CCCC(O)c1ncn[nH]1. The minimum absolute atomic E-state index is 0.485. The number of nitrogens with zero attached hydrogens (tertiary/aromatic N) is 2. The molecule has 0 aliphatic carbocycles. The molecule has 1 rings (SSSR count). The van der Waals surface area contributed by atoms with Crippen LogP contribution in [0.1, 0.15) is 45.0 Å². The fourth-order valence-corrected chi connectivity index (χ4v) is 1.23. The Balaban J connectivity index is 2.22. The van der Waals surface area contributed by atoms with E-state index in [0.29, 0.717) is 11.7 Å². The molecule has 0 aliphatic rings. The van der Waals surface area contributed by atoms with Gasteiger partial charge in [0.05, 0.1) is 0 Å². The van der Waals surface area contributed by atoms with Crippen LogP contribution in [0.4, 0.5) is 0 Å². The second-order valence-electron chi connectivity index (χ2n) is 3.71. The van der Waals surface area contributed by atoms with Crippen LogP contribution in [0, 0.1) is 5.92 Å². The Morgan fingerprint density at radius 2 is 2.23 bits per heavy atom. The van der Waals surface area contributed by atoms with E-state index in [2.05, 4.69) is 29.0 Å². The zero-order chi connectivity index (χ0) is 9.68. The zero-order valence-electron chi connectivity index (χ0n) is 8.20. The number of hydrogen-bond acceptors (Lipinski definition) is 3. The lowest BCUT2D eigenvalue weighted by molar-refractivity contribution is 0.153. The summed E-state index contributed by atoms with van der Waals surface area (Å²) < 4.78 is 0. The third kappa shape index (κ3) is 3.55. The molecule has 13 heavy (non-hydrogen) atoms. The summed E-state index contributed by atoms with van der Waals surface area (Å²) in [6.45, 7) is 4.36. The molecule has 1 unspecified atom stereocenters. The Morgan fingerprint density at radius 3 is 2.77 bits per heavy atom. The number of aliphatic hydroxyl groups excluding tert-OH is 1. The van der Waals surface area contributed by atoms with Gasteiger partial charge in [0, 0.05) is 0 Å². The first-order chi connectivity index (χ1) is 6.20. The predicted octanol–water partition coefficient (Wildman–Crippen LogP) is 1.66. The Bertz CT molecular complexity index is 221. The van der Waals surface area contributed by atoms with Crippen molar-refractivity contribution in [2.24, 2.45) is 5.92 Å². The molecule has 1 aromatic rings. The fourth-order valence-electron chi connectivity index (χ4n) is 1.23. The molecule has 2 N–H and O–H groups in total. The van der Waals surface area contributed by atoms with Crippen LogP contribution < -0.4 is 0 Å². The number of rotatable bonds is 5. The van der Waals surface area contributed by atoms with E-state index in [1.165, 1.54) is 6.33 Å². The number of aromatic nitrogens is 3. The lowest BCUT2D eigenvalue weighted by Crippen LogP contribution is -2.00. The van der Waals surface area contributed by atoms with Crippen LogP contribution in [-0.4, -0.2) is 20.3 Å².